The number of hydrogen-bond acceptors (Lipinski definition) is 2. The van der Waals surface area contributed by atoms with Crippen LogP contribution >= 0.6 is 0 Å². The summed E-state index contributed by atoms with van der Waals surface area (Å²) in [5, 5.41) is 27.5. The summed E-state index contributed by atoms with van der Waals surface area (Å²) in [6, 6.07) is 92.7. The lowest BCUT2D eigenvalue weighted by atomic mass is 9.91. The molecule has 0 aliphatic rings. The lowest BCUT2D eigenvalue weighted by Crippen LogP contribution is -2.14. The first-order chi connectivity index (χ1) is 41.2. The number of aromatic nitrogens is 4. The quantitative estimate of drug-likeness (QED) is 0.127. The van der Waals surface area contributed by atoms with Gasteiger partial charge in [-0.25, -0.2) is 4.85 Å². The lowest BCUT2D eigenvalue weighted by molar-refractivity contribution is 0.671. The van der Waals surface area contributed by atoms with Gasteiger partial charge in [0, 0.05) is 53.9 Å². The molecule has 13 aromatic carbocycles. The van der Waals surface area contributed by atoms with Crippen molar-refractivity contribution in [3.05, 3.63) is 272 Å². The molecule has 382 valence electrons. The van der Waals surface area contributed by atoms with E-state index in [-0.39, 0.29) is 0 Å². The smallest absolute Gasteiger partial charge is 0.237 e. The molecule has 0 N–H and O–H groups in total. The fourth-order valence-corrected chi connectivity index (χ4v) is 14.3. The van der Waals surface area contributed by atoms with Gasteiger partial charge >= 0.3 is 0 Å². The first kappa shape index (κ1) is 45.2. The van der Waals surface area contributed by atoms with E-state index in [1.54, 1.807) is 0 Å². The fraction of sp³-hybridized carbons (Fsp3) is 0. The minimum atomic E-state index is 0.322. The van der Waals surface area contributed by atoms with Gasteiger partial charge in [-0.05, 0) is 93.3 Å². The molecule has 7 heteroatoms. The zero-order chi connectivity index (χ0) is 54.6. The summed E-state index contributed by atoms with van der Waals surface area (Å²) in [7, 11) is 0. The van der Waals surface area contributed by atoms with Crippen molar-refractivity contribution in [3.63, 3.8) is 0 Å². The number of hydrogen-bond donors (Lipinski definition) is 0. The van der Waals surface area contributed by atoms with Crippen LogP contribution in [-0.2, 0) is 0 Å². The highest BCUT2D eigenvalue weighted by Gasteiger charge is 2.36. The summed E-state index contributed by atoms with van der Waals surface area (Å²) < 4.78 is 16.5. The monoisotopic (exact) mass is 1050 g/mol. The van der Waals surface area contributed by atoms with E-state index >= 15 is 0 Å². The van der Waals surface area contributed by atoms with Crippen LogP contribution in [0, 0.1) is 17.9 Å². The molecule has 83 heavy (non-hydrogen) atoms. The average molecular weight is 1060 g/mol. The van der Waals surface area contributed by atoms with E-state index in [0.29, 0.717) is 39.6 Å². The highest BCUT2D eigenvalue weighted by atomic mass is 16.3. The van der Waals surface area contributed by atoms with E-state index in [9.17, 15) is 11.8 Å². The van der Waals surface area contributed by atoms with E-state index in [1.165, 1.54) is 10.8 Å². The van der Waals surface area contributed by atoms with Gasteiger partial charge in [-0.15, -0.1) is 0 Å². The molecule has 0 unspecified atom stereocenters. The maximum atomic E-state index is 12.8. The Balaban J connectivity index is 1.16. The molecule has 0 spiro atoms. The highest BCUT2D eigenvalue weighted by molar-refractivity contribution is 6.27. The number of furan rings is 1. The number of fused-ring (bicyclic) bond motifs is 19. The Hall–Kier alpha value is -11.6. The molecule has 0 aliphatic carbocycles. The Labute approximate surface area is 473 Å². The second-order valence-corrected chi connectivity index (χ2v) is 21.6. The lowest BCUT2D eigenvalue weighted by Gasteiger charge is -2.27. The molecule has 0 amide bonds. The molecule has 0 saturated carbocycles. The van der Waals surface area contributed by atoms with Crippen LogP contribution in [-0.4, -0.2) is 18.3 Å². The topological polar surface area (TPSA) is 61.0 Å². The third-order valence-corrected chi connectivity index (χ3v) is 17.6. The molecule has 0 fully saturated rings. The number of nitriles is 1. The Morgan fingerprint density at radius 1 is 0.337 bits per heavy atom. The first-order valence-corrected chi connectivity index (χ1v) is 27.9. The molecule has 18 aromatic rings. The molecular formula is C76H42N6O. The zero-order valence-electron chi connectivity index (χ0n) is 44.3. The molecule has 18 rings (SSSR count). The fourth-order valence-electron chi connectivity index (χ4n) is 14.3. The second kappa shape index (κ2) is 16.9. The van der Waals surface area contributed by atoms with E-state index in [0.717, 1.165) is 125 Å². The molecule has 7 nitrogen and oxygen atoms in total. The average Bonchev–Trinajstić information content (AvgIpc) is 3.91. The van der Waals surface area contributed by atoms with Crippen molar-refractivity contribution >= 4 is 136 Å². The van der Waals surface area contributed by atoms with E-state index < -0.39 is 0 Å². The summed E-state index contributed by atoms with van der Waals surface area (Å²) in [5.41, 5.74) is 13.8. The third-order valence-electron chi connectivity index (χ3n) is 17.6. The van der Waals surface area contributed by atoms with Crippen molar-refractivity contribution < 1.29 is 4.42 Å². The zero-order valence-corrected chi connectivity index (χ0v) is 44.3. The van der Waals surface area contributed by atoms with Crippen molar-refractivity contribution in [2.45, 2.75) is 0 Å². The van der Waals surface area contributed by atoms with Crippen LogP contribution in [0.2, 0.25) is 0 Å². The van der Waals surface area contributed by atoms with Gasteiger partial charge in [-0.3, -0.25) is 0 Å². The Kier molecular flexibility index (Phi) is 9.23. The predicted octanol–water partition coefficient (Wildman–Crippen LogP) is 20.4. The number of nitrogens with zero attached hydrogens (tertiary/aromatic N) is 6. The minimum absolute atomic E-state index is 0.322. The minimum Gasteiger partial charge on any atom is -0.454 e. The van der Waals surface area contributed by atoms with Crippen LogP contribution < -0.4 is 0 Å². The van der Waals surface area contributed by atoms with Gasteiger partial charge in [-0.2, -0.15) is 5.26 Å². The van der Waals surface area contributed by atoms with Crippen LogP contribution in [0.15, 0.2) is 259 Å². The Morgan fingerprint density at radius 2 is 0.771 bits per heavy atom. The largest absolute Gasteiger partial charge is 0.454 e. The van der Waals surface area contributed by atoms with Gasteiger partial charge in [0.15, 0.2) is 5.58 Å². The predicted molar refractivity (Wildman–Crippen MR) is 343 cm³/mol. The van der Waals surface area contributed by atoms with Crippen LogP contribution in [0.5, 0.6) is 0 Å². The summed E-state index contributed by atoms with van der Waals surface area (Å²) in [5.74, 6) is 0. The van der Waals surface area contributed by atoms with Gasteiger partial charge in [0.1, 0.15) is 11.7 Å². The second-order valence-electron chi connectivity index (χ2n) is 21.6. The Morgan fingerprint density at radius 3 is 1.31 bits per heavy atom. The van der Waals surface area contributed by atoms with Crippen molar-refractivity contribution in [1.82, 2.24) is 18.3 Å². The number of benzene rings is 13. The Bertz CT molecular complexity index is 5670. The maximum Gasteiger partial charge on any atom is 0.237 e. The van der Waals surface area contributed by atoms with Gasteiger partial charge in [0.05, 0.1) is 79.0 Å². The molecule has 0 atom stereocenters. The van der Waals surface area contributed by atoms with Crippen molar-refractivity contribution in [3.8, 4) is 39.9 Å². The normalized spacial score (nSPS) is 12.1. The van der Waals surface area contributed by atoms with Crippen LogP contribution in [0.4, 0.5) is 5.69 Å². The molecular weight excluding hydrogens is 1010 g/mol. The van der Waals surface area contributed by atoms with Gasteiger partial charge in [-0.1, -0.05) is 194 Å². The molecule has 5 heterocycles. The third kappa shape index (κ3) is 5.99. The van der Waals surface area contributed by atoms with Gasteiger partial charge in [0.25, 0.3) is 0 Å². The van der Waals surface area contributed by atoms with E-state index in [1.807, 2.05) is 24.3 Å². The van der Waals surface area contributed by atoms with Crippen LogP contribution in [0.25, 0.3) is 169 Å². The number of rotatable bonds is 5. The van der Waals surface area contributed by atoms with Crippen LogP contribution in [0.3, 0.4) is 0 Å². The summed E-state index contributed by atoms with van der Waals surface area (Å²) in [4.78, 5) is 4.83. The van der Waals surface area contributed by atoms with Gasteiger partial charge < -0.3 is 22.7 Å². The summed E-state index contributed by atoms with van der Waals surface area (Å²) >= 11 is 0. The molecule has 0 aliphatic heterocycles. The highest BCUT2D eigenvalue weighted by Crippen LogP contribution is 2.54. The first-order valence-electron chi connectivity index (χ1n) is 27.9. The molecule has 0 bridgehead atoms. The van der Waals surface area contributed by atoms with Gasteiger partial charge in [0.2, 0.25) is 5.69 Å². The molecule has 5 aromatic heterocycles. The molecule has 0 radical (unpaired) electrons. The van der Waals surface area contributed by atoms with Crippen molar-refractivity contribution in [1.29, 1.82) is 5.26 Å². The summed E-state index contributed by atoms with van der Waals surface area (Å²) in [6.07, 6.45) is 0. The van der Waals surface area contributed by atoms with E-state index in [2.05, 4.69) is 255 Å². The molecule has 0 saturated heterocycles. The van der Waals surface area contributed by atoms with Crippen LogP contribution in [0.1, 0.15) is 5.56 Å². The SMILES string of the molecule is [C-]#[N+]c1c(-n2c3ccccc3c3ccccc32)c(C#N)c(-n2c3ccccc3c3ccccc32)c(-n2c3cccc(-c4cc5ccccc5c5ccccc45)c3c3ccc4c5ccccc5oc4c32)c1-n1c2ccccc2c2ccccc21. The van der Waals surface area contributed by atoms with Crippen molar-refractivity contribution in [2.24, 2.45) is 0 Å². The number of para-hydroxylation sites is 7. The van der Waals surface area contributed by atoms with E-state index in [4.69, 9.17) is 9.26 Å². The maximum absolute atomic E-state index is 12.8. The standard InChI is InChI=1S/C76H42N6O/c1-78-70-71(79-61-33-13-6-25-49(61)50-26-7-14-34-62(50)79)60(44-77)72(80-63-35-15-8-27-51(63)52-28-9-16-36-64(52)80)75(74(70)81-65-37-17-10-29-53(65)54-30-11-18-38-66(54)81)82-67-39-20-32-56(59-43-45-21-2-3-22-46(45)47-23-4-5-24-48(47)59)69(67)58-42-41-57-55-31-12-19-40-68(55)83-76(57)73(58)82/h2-43H. The van der Waals surface area contributed by atoms with Crippen molar-refractivity contribution in [2.75, 3.05) is 0 Å². The summed E-state index contributed by atoms with van der Waals surface area (Å²) in [6.45, 7) is 9.94.